The lowest BCUT2D eigenvalue weighted by atomic mass is 9.78. The molecule has 2 bridgehead atoms. The molecule has 0 radical (unpaired) electrons. The first-order valence-corrected chi connectivity index (χ1v) is 8.97. The minimum Gasteiger partial charge on any atom is -0.445 e. The second-order valence-electron chi connectivity index (χ2n) is 7.72. The van der Waals surface area contributed by atoms with E-state index in [2.05, 4.69) is 13.0 Å². The van der Waals surface area contributed by atoms with Crippen molar-refractivity contribution < 1.29 is 19.0 Å². The smallest absolute Gasteiger partial charge is 0.411 e. The fourth-order valence-corrected chi connectivity index (χ4v) is 3.99. The van der Waals surface area contributed by atoms with Crippen LogP contribution in [0.3, 0.4) is 0 Å². The van der Waals surface area contributed by atoms with Crippen molar-refractivity contribution in [1.29, 1.82) is 0 Å². The van der Waals surface area contributed by atoms with E-state index in [4.69, 9.17) is 14.2 Å². The van der Waals surface area contributed by atoms with Gasteiger partial charge in [-0.05, 0) is 18.4 Å². The summed E-state index contributed by atoms with van der Waals surface area (Å²) in [5, 5.41) is 0. The quantitative estimate of drug-likeness (QED) is 0.788. The van der Waals surface area contributed by atoms with Crippen LogP contribution >= 0.6 is 0 Å². The molecule has 2 saturated heterocycles. The predicted octanol–water partition coefficient (Wildman–Crippen LogP) is 3.15. The maximum Gasteiger partial charge on any atom is 0.411 e. The van der Waals surface area contributed by atoms with Crippen LogP contribution in [0.5, 0.6) is 0 Å². The Labute approximate surface area is 148 Å². The van der Waals surface area contributed by atoms with Gasteiger partial charge in [-0.15, -0.1) is 0 Å². The van der Waals surface area contributed by atoms with E-state index in [0.29, 0.717) is 19.8 Å². The van der Waals surface area contributed by atoms with Crippen LogP contribution in [0.1, 0.15) is 25.3 Å². The molecule has 134 valence electrons. The van der Waals surface area contributed by atoms with E-state index in [-0.39, 0.29) is 23.6 Å². The number of benzene rings is 1. The van der Waals surface area contributed by atoms with Gasteiger partial charge in [0.05, 0.1) is 38.5 Å². The van der Waals surface area contributed by atoms with Crippen LogP contribution in [0.25, 0.3) is 0 Å². The Kier molecular flexibility index (Phi) is 4.52. The summed E-state index contributed by atoms with van der Waals surface area (Å²) in [5.41, 5.74) is 2.69. The second kappa shape index (κ2) is 6.81. The summed E-state index contributed by atoms with van der Waals surface area (Å²) in [6.07, 6.45) is 3.89. The van der Waals surface area contributed by atoms with Crippen molar-refractivity contribution in [3.8, 4) is 0 Å². The standard InChI is InChI=1S/C20H25NO4/c1-20(13-24-14-20)9-16-7-17-11-23-12-18(8-16)21(17)19(22)25-10-15-5-3-2-4-6-15/h2-7,17-18H,8-14H2,1H3. The molecule has 3 aliphatic heterocycles. The van der Waals surface area contributed by atoms with Crippen molar-refractivity contribution in [1.82, 2.24) is 4.90 Å². The number of ether oxygens (including phenoxy) is 3. The summed E-state index contributed by atoms with van der Waals surface area (Å²) in [4.78, 5) is 14.5. The van der Waals surface area contributed by atoms with Gasteiger partial charge in [0.25, 0.3) is 0 Å². The maximum absolute atomic E-state index is 12.6. The first-order chi connectivity index (χ1) is 12.1. The molecule has 5 heteroatoms. The van der Waals surface area contributed by atoms with E-state index < -0.39 is 0 Å². The third kappa shape index (κ3) is 3.58. The number of amides is 1. The molecule has 3 heterocycles. The van der Waals surface area contributed by atoms with Gasteiger partial charge in [0.1, 0.15) is 6.61 Å². The highest BCUT2D eigenvalue weighted by Crippen LogP contribution is 2.38. The van der Waals surface area contributed by atoms with Crippen LogP contribution in [0.15, 0.2) is 42.0 Å². The van der Waals surface area contributed by atoms with Gasteiger partial charge in [0.15, 0.2) is 0 Å². The Morgan fingerprint density at radius 1 is 1.24 bits per heavy atom. The number of rotatable bonds is 4. The topological polar surface area (TPSA) is 48.0 Å². The van der Waals surface area contributed by atoms with Crippen molar-refractivity contribution in [2.75, 3.05) is 26.4 Å². The minimum absolute atomic E-state index is 0.0182. The van der Waals surface area contributed by atoms with Gasteiger partial charge < -0.3 is 14.2 Å². The highest BCUT2D eigenvalue weighted by Gasteiger charge is 2.41. The summed E-state index contributed by atoms with van der Waals surface area (Å²) in [6.45, 7) is 5.37. The Morgan fingerprint density at radius 2 is 2.04 bits per heavy atom. The molecule has 0 aromatic heterocycles. The molecular formula is C20H25NO4. The number of hydrogen-bond donors (Lipinski definition) is 0. The van der Waals surface area contributed by atoms with Crippen molar-refractivity contribution in [2.45, 2.75) is 38.5 Å². The highest BCUT2D eigenvalue weighted by molar-refractivity contribution is 5.69. The number of morpholine rings is 1. The van der Waals surface area contributed by atoms with Crippen molar-refractivity contribution in [3.05, 3.63) is 47.5 Å². The molecular weight excluding hydrogens is 318 g/mol. The number of hydrogen-bond acceptors (Lipinski definition) is 4. The highest BCUT2D eigenvalue weighted by atomic mass is 16.6. The third-order valence-electron chi connectivity index (χ3n) is 5.25. The van der Waals surface area contributed by atoms with Crippen molar-refractivity contribution >= 4 is 6.09 Å². The molecule has 1 amide bonds. The molecule has 1 aromatic carbocycles. The van der Waals surface area contributed by atoms with Gasteiger partial charge in [0, 0.05) is 5.41 Å². The molecule has 2 unspecified atom stereocenters. The number of carbonyl (C=O) groups excluding carboxylic acids is 1. The van der Waals surface area contributed by atoms with E-state index in [1.54, 1.807) is 0 Å². The Balaban J connectivity index is 1.41. The average Bonchev–Trinajstić information content (AvgIpc) is 2.58. The predicted molar refractivity (Wildman–Crippen MR) is 93.1 cm³/mol. The molecule has 0 saturated carbocycles. The van der Waals surface area contributed by atoms with Crippen LogP contribution in [0.4, 0.5) is 4.79 Å². The summed E-state index contributed by atoms with van der Waals surface area (Å²) in [7, 11) is 0. The summed E-state index contributed by atoms with van der Waals surface area (Å²) in [5.74, 6) is 0. The fourth-order valence-electron chi connectivity index (χ4n) is 3.99. The van der Waals surface area contributed by atoms with Crippen LogP contribution in [0.2, 0.25) is 0 Å². The summed E-state index contributed by atoms with van der Waals surface area (Å²) >= 11 is 0. The molecule has 3 aliphatic rings. The maximum atomic E-state index is 12.6. The molecule has 1 aromatic rings. The Bertz CT molecular complexity index is 653. The van der Waals surface area contributed by atoms with E-state index in [9.17, 15) is 4.79 Å². The lowest BCUT2D eigenvalue weighted by Gasteiger charge is -2.46. The summed E-state index contributed by atoms with van der Waals surface area (Å²) < 4.78 is 16.6. The second-order valence-corrected chi connectivity index (χ2v) is 7.72. The Morgan fingerprint density at radius 3 is 2.72 bits per heavy atom. The van der Waals surface area contributed by atoms with Gasteiger partial charge in [-0.2, -0.15) is 0 Å². The third-order valence-corrected chi connectivity index (χ3v) is 5.25. The van der Waals surface area contributed by atoms with Gasteiger partial charge >= 0.3 is 6.09 Å². The van der Waals surface area contributed by atoms with Crippen molar-refractivity contribution in [3.63, 3.8) is 0 Å². The zero-order valence-electron chi connectivity index (χ0n) is 14.6. The van der Waals surface area contributed by atoms with E-state index in [1.807, 2.05) is 35.2 Å². The Hall–Kier alpha value is -1.85. The molecule has 4 rings (SSSR count). The van der Waals surface area contributed by atoms with Crippen LogP contribution in [-0.4, -0.2) is 49.5 Å². The first kappa shape index (κ1) is 16.6. The average molecular weight is 343 g/mol. The molecule has 2 fully saturated rings. The zero-order valence-corrected chi connectivity index (χ0v) is 14.6. The lowest BCUT2D eigenvalue weighted by Crippen LogP contribution is -2.56. The van der Waals surface area contributed by atoms with Crippen LogP contribution < -0.4 is 0 Å². The molecule has 5 nitrogen and oxygen atoms in total. The SMILES string of the molecule is CC1(CC2=CC3COCC(C2)N3C(=O)OCc2ccccc2)COC1. The van der Waals surface area contributed by atoms with Gasteiger partial charge in [-0.1, -0.05) is 48.9 Å². The monoisotopic (exact) mass is 343 g/mol. The van der Waals surface area contributed by atoms with Gasteiger partial charge in [-0.3, -0.25) is 4.90 Å². The fraction of sp³-hybridized carbons (Fsp3) is 0.550. The molecule has 0 spiro atoms. The van der Waals surface area contributed by atoms with Gasteiger partial charge in [0.2, 0.25) is 0 Å². The lowest BCUT2D eigenvalue weighted by molar-refractivity contribution is -0.102. The van der Waals surface area contributed by atoms with Crippen LogP contribution in [0, 0.1) is 5.41 Å². The summed E-state index contributed by atoms with van der Waals surface area (Å²) in [6, 6.07) is 9.85. The molecule has 0 aliphatic carbocycles. The molecule has 0 N–H and O–H groups in total. The number of fused-ring (bicyclic) bond motifs is 2. The van der Waals surface area contributed by atoms with Gasteiger partial charge in [-0.25, -0.2) is 4.79 Å². The number of carbonyl (C=O) groups is 1. The van der Waals surface area contributed by atoms with E-state index in [0.717, 1.165) is 31.6 Å². The first-order valence-electron chi connectivity index (χ1n) is 8.97. The number of nitrogens with zero attached hydrogens (tertiary/aromatic N) is 1. The molecule has 25 heavy (non-hydrogen) atoms. The van der Waals surface area contributed by atoms with E-state index in [1.165, 1.54) is 5.57 Å². The van der Waals surface area contributed by atoms with E-state index >= 15 is 0 Å². The van der Waals surface area contributed by atoms with Crippen molar-refractivity contribution in [2.24, 2.45) is 5.41 Å². The molecule has 2 atom stereocenters. The van der Waals surface area contributed by atoms with Crippen LogP contribution in [-0.2, 0) is 20.8 Å². The largest absolute Gasteiger partial charge is 0.445 e. The minimum atomic E-state index is -0.240. The zero-order chi connectivity index (χ0) is 17.3. The normalized spacial score (nSPS) is 27.2.